The molecule has 0 unspecified atom stereocenters. The van der Waals surface area contributed by atoms with Gasteiger partial charge in [0.15, 0.2) is 11.9 Å². The third-order valence-corrected chi connectivity index (χ3v) is 3.41. The molecule has 0 heterocycles. The number of nitrogens with one attached hydrogen (secondary N) is 1. The van der Waals surface area contributed by atoms with Crippen LogP contribution in [0.15, 0.2) is 36.4 Å². The van der Waals surface area contributed by atoms with Crippen molar-refractivity contribution in [2.45, 2.75) is 20.0 Å². The zero-order valence-corrected chi connectivity index (χ0v) is 13.6. The second-order valence-electron chi connectivity index (χ2n) is 5.10. The Labute approximate surface area is 142 Å². The Morgan fingerprint density at radius 2 is 2.04 bits per heavy atom. The number of rotatable bonds is 5. The average Bonchev–Trinajstić information content (AvgIpc) is 2.51. The van der Waals surface area contributed by atoms with Gasteiger partial charge in [0.25, 0.3) is 5.91 Å². The number of aryl methyl sites for hydroxylation is 1. The van der Waals surface area contributed by atoms with Gasteiger partial charge in [-0.3, -0.25) is 14.9 Å². The van der Waals surface area contributed by atoms with Gasteiger partial charge in [-0.15, -0.1) is 0 Å². The van der Waals surface area contributed by atoms with E-state index in [1.807, 2.05) is 0 Å². The molecular weight excluding hydrogens is 339 g/mol. The molecule has 0 saturated heterocycles. The maximum absolute atomic E-state index is 13.7. The summed E-state index contributed by atoms with van der Waals surface area (Å²) in [7, 11) is 0. The van der Waals surface area contributed by atoms with Gasteiger partial charge in [-0.25, -0.2) is 4.39 Å². The van der Waals surface area contributed by atoms with Crippen LogP contribution in [0.1, 0.15) is 12.5 Å². The predicted molar refractivity (Wildman–Crippen MR) is 88.0 cm³/mol. The second kappa shape index (κ2) is 7.27. The highest BCUT2D eigenvalue weighted by atomic mass is 35.5. The van der Waals surface area contributed by atoms with Crippen LogP contribution < -0.4 is 10.1 Å². The lowest BCUT2D eigenvalue weighted by Gasteiger charge is -2.15. The summed E-state index contributed by atoms with van der Waals surface area (Å²) in [5, 5.41) is 13.6. The van der Waals surface area contributed by atoms with Crippen molar-refractivity contribution in [3.05, 3.63) is 62.9 Å². The maximum atomic E-state index is 13.7. The Morgan fingerprint density at radius 1 is 1.33 bits per heavy atom. The van der Waals surface area contributed by atoms with Crippen LogP contribution >= 0.6 is 11.6 Å². The van der Waals surface area contributed by atoms with Crippen molar-refractivity contribution < 1.29 is 18.8 Å². The zero-order valence-electron chi connectivity index (χ0n) is 12.9. The Hall–Kier alpha value is -2.67. The van der Waals surface area contributed by atoms with Gasteiger partial charge in [-0.1, -0.05) is 17.7 Å². The zero-order chi connectivity index (χ0) is 17.9. The van der Waals surface area contributed by atoms with Gasteiger partial charge >= 0.3 is 5.69 Å². The molecule has 0 aliphatic carbocycles. The van der Waals surface area contributed by atoms with Crippen LogP contribution in [0.4, 0.5) is 15.8 Å². The van der Waals surface area contributed by atoms with Gasteiger partial charge in [0.2, 0.25) is 0 Å². The molecule has 24 heavy (non-hydrogen) atoms. The molecular formula is C16H14ClFN2O4. The first-order valence-corrected chi connectivity index (χ1v) is 7.33. The molecule has 2 aromatic carbocycles. The number of hydrogen-bond acceptors (Lipinski definition) is 4. The Balaban J connectivity index is 2.13. The number of nitrogens with zero attached hydrogens (tertiary/aromatic N) is 1. The lowest BCUT2D eigenvalue weighted by atomic mass is 10.2. The van der Waals surface area contributed by atoms with E-state index < -0.39 is 22.8 Å². The number of carbonyl (C=O) groups is 1. The molecule has 0 aliphatic heterocycles. The minimum absolute atomic E-state index is 0.0372. The minimum Gasteiger partial charge on any atom is -0.474 e. The Morgan fingerprint density at radius 3 is 2.67 bits per heavy atom. The number of anilines is 1. The third kappa shape index (κ3) is 4.20. The third-order valence-electron chi connectivity index (χ3n) is 3.17. The van der Waals surface area contributed by atoms with Gasteiger partial charge in [0.05, 0.1) is 10.6 Å². The van der Waals surface area contributed by atoms with Crippen LogP contribution in [0.2, 0.25) is 5.02 Å². The van der Waals surface area contributed by atoms with Crippen molar-refractivity contribution in [3.8, 4) is 5.75 Å². The lowest BCUT2D eigenvalue weighted by Crippen LogP contribution is -2.30. The quantitative estimate of drug-likeness (QED) is 0.648. The van der Waals surface area contributed by atoms with E-state index in [0.717, 1.165) is 6.07 Å². The van der Waals surface area contributed by atoms with Gasteiger partial charge < -0.3 is 10.1 Å². The number of amides is 1. The SMILES string of the molecule is Cc1ccc(O[C@@H](C)C(=O)Nc2ccc(Cl)cc2F)c([N+](=O)[O-])c1. The van der Waals surface area contributed by atoms with E-state index in [1.54, 1.807) is 13.0 Å². The molecule has 0 spiro atoms. The van der Waals surface area contributed by atoms with Crippen LogP contribution in [0.5, 0.6) is 5.75 Å². The smallest absolute Gasteiger partial charge is 0.311 e. The van der Waals surface area contributed by atoms with Crippen molar-refractivity contribution in [2.75, 3.05) is 5.32 Å². The van der Waals surface area contributed by atoms with Gasteiger partial charge in [0.1, 0.15) is 5.82 Å². The van der Waals surface area contributed by atoms with Crippen LogP contribution in [0, 0.1) is 22.9 Å². The largest absolute Gasteiger partial charge is 0.474 e. The monoisotopic (exact) mass is 352 g/mol. The van der Waals surface area contributed by atoms with E-state index in [-0.39, 0.29) is 22.1 Å². The molecule has 0 aliphatic rings. The van der Waals surface area contributed by atoms with Crippen molar-refractivity contribution in [1.29, 1.82) is 0 Å². The van der Waals surface area contributed by atoms with E-state index >= 15 is 0 Å². The molecule has 1 atom stereocenters. The summed E-state index contributed by atoms with van der Waals surface area (Å²) in [4.78, 5) is 22.6. The Bertz CT molecular complexity index is 798. The van der Waals surface area contributed by atoms with Crippen LogP contribution in [0.25, 0.3) is 0 Å². The molecule has 126 valence electrons. The molecule has 0 bridgehead atoms. The summed E-state index contributed by atoms with van der Waals surface area (Å²) in [5.74, 6) is -1.37. The number of ether oxygens (including phenoxy) is 1. The topological polar surface area (TPSA) is 81.5 Å². The highest BCUT2D eigenvalue weighted by Gasteiger charge is 2.22. The number of carbonyl (C=O) groups excluding carboxylic acids is 1. The van der Waals surface area contributed by atoms with Gasteiger partial charge in [-0.2, -0.15) is 0 Å². The average molecular weight is 353 g/mol. The first-order chi connectivity index (χ1) is 11.3. The Kier molecular flexibility index (Phi) is 5.35. The fourth-order valence-corrected chi connectivity index (χ4v) is 2.10. The number of hydrogen-bond donors (Lipinski definition) is 1. The number of halogens is 2. The van der Waals surface area contributed by atoms with E-state index in [0.29, 0.717) is 5.56 Å². The van der Waals surface area contributed by atoms with Crippen LogP contribution in [-0.2, 0) is 4.79 Å². The van der Waals surface area contributed by atoms with Crippen molar-refractivity contribution >= 4 is 28.9 Å². The molecule has 1 amide bonds. The number of benzene rings is 2. The molecule has 0 aromatic heterocycles. The second-order valence-corrected chi connectivity index (χ2v) is 5.54. The summed E-state index contributed by atoms with van der Waals surface area (Å²) in [6, 6.07) is 8.20. The highest BCUT2D eigenvalue weighted by molar-refractivity contribution is 6.30. The summed E-state index contributed by atoms with van der Waals surface area (Å²) >= 11 is 5.64. The fourth-order valence-electron chi connectivity index (χ4n) is 1.94. The molecule has 2 rings (SSSR count). The van der Waals surface area contributed by atoms with Crippen molar-refractivity contribution in [3.63, 3.8) is 0 Å². The van der Waals surface area contributed by atoms with Crippen LogP contribution in [-0.4, -0.2) is 16.9 Å². The lowest BCUT2D eigenvalue weighted by molar-refractivity contribution is -0.386. The van der Waals surface area contributed by atoms with E-state index in [1.165, 1.54) is 31.2 Å². The molecule has 0 fully saturated rings. The standard InChI is InChI=1S/C16H14ClFN2O4/c1-9-3-6-15(14(7-9)20(22)23)24-10(2)16(21)19-13-5-4-11(17)8-12(13)18/h3-8,10H,1-2H3,(H,19,21)/t10-/m0/s1. The molecule has 0 saturated carbocycles. The van der Waals surface area contributed by atoms with E-state index in [9.17, 15) is 19.3 Å². The normalized spacial score (nSPS) is 11.7. The predicted octanol–water partition coefficient (Wildman–Crippen LogP) is 4.10. The van der Waals surface area contributed by atoms with Crippen molar-refractivity contribution in [2.24, 2.45) is 0 Å². The maximum Gasteiger partial charge on any atom is 0.311 e. The first kappa shape index (κ1) is 17.7. The van der Waals surface area contributed by atoms with Crippen LogP contribution in [0.3, 0.4) is 0 Å². The van der Waals surface area contributed by atoms with Gasteiger partial charge in [0, 0.05) is 11.1 Å². The number of nitro benzene ring substituents is 1. The van der Waals surface area contributed by atoms with E-state index in [4.69, 9.17) is 16.3 Å². The molecule has 8 heteroatoms. The summed E-state index contributed by atoms with van der Waals surface area (Å²) in [6.45, 7) is 3.11. The summed E-state index contributed by atoms with van der Waals surface area (Å²) < 4.78 is 19.0. The molecule has 6 nitrogen and oxygen atoms in total. The van der Waals surface area contributed by atoms with E-state index in [2.05, 4.69) is 5.32 Å². The molecule has 0 radical (unpaired) electrons. The first-order valence-electron chi connectivity index (χ1n) is 6.95. The number of nitro groups is 1. The summed E-state index contributed by atoms with van der Waals surface area (Å²) in [6.07, 6.45) is -1.07. The minimum atomic E-state index is -1.07. The molecule has 2 aromatic rings. The fraction of sp³-hybridized carbons (Fsp3) is 0.188. The molecule has 1 N–H and O–H groups in total. The van der Waals surface area contributed by atoms with Gasteiger partial charge in [-0.05, 0) is 43.7 Å². The summed E-state index contributed by atoms with van der Waals surface area (Å²) in [5.41, 5.74) is 0.389. The highest BCUT2D eigenvalue weighted by Crippen LogP contribution is 2.29. The van der Waals surface area contributed by atoms with Crippen molar-refractivity contribution in [1.82, 2.24) is 0 Å².